The van der Waals surface area contributed by atoms with Crippen LogP contribution in [0.2, 0.25) is 0 Å². The van der Waals surface area contributed by atoms with Crippen molar-refractivity contribution in [3.63, 3.8) is 0 Å². The fraction of sp³-hybridized carbons (Fsp3) is 0.368. The van der Waals surface area contributed by atoms with Gasteiger partial charge < -0.3 is 15.2 Å². The minimum absolute atomic E-state index is 0.184. The Bertz CT molecular complexity index is 861. The first-order valence-electron chi connectivity index (χ1n) is 8.48. The molecular weight excluding hydrogens is 369 g/mol. The molecule has 27 heavy (non-hydrogen) atoms. The Morgan fingerprint density at radius 3 is 2.67 bits per heavy atom. The molecule has 0 saturated carbocycles. The second kappa shape index (κ2) is 9.35. The maximum atomic E-state index is 13.9. The number of nitrogens with zero attached hydrogens (tertiary/aromatic N) is 2. The van der Waals surface area contributed by atoms with Crippen LogP contribution < -0.4 is 10.5 Å². The Kier molecular flexibility index (Phi) is 7.16. The van der Waals surface area contributed by atoms with Crippen LogP contribution in [0.3, 0.4) is 0 Å². The number of methoxy groups -OCH3 is 1. The summed E-state index contributed by atoms with van der Waals surface area (Å²) < 4.78 is 24.0. The third-order valence-corrected chi connectivity index (χ3v) is 5.10. The summed E-state index contributed by atoms with van der Waals surface area (Å²) in [7, 11) is 1.41. The normalized spacial score (nSPS) is 10.7. The molecule has 1 heterocycles. The van der Waals surface area contributed by atoms with Crippen LogP contribution in [0.5, 0.6) is 5.75 Å². The van der Waals surface area contributed by atoms with Crippen molar-refractivity contribution in [1.82, 2.24) is 4.90 Å². The average molecular weight is 391 g/mol. The van der Waals surface area contributed by atoms with E-state index in [4.69, 9.17) is 15.2 Å². The van der Waals surface area contributed by atoms with Crippen LogP contribution >= 0.6 is 11.3 Å². The van der Waals surface area contributed by atoms with Crippen LogP contribution in [0.25, 0.3) is 0 Å². The number of nitriles is 1. The Morgan fingerprint density at radius 1 is 1.37 bits per heavy atom. The number of benzene rings is 1. The summed E-state index contributed by atoms with van der Waals surface area (Å²) in [5, 5.41) is 9.73. The first kappa shape index (κ1) is 20.7. The average Bonchev–Trinajstić information content (AvgIpc) is 2.96. The van der Waals surface area contributed by atoms with Crippen molar-refractivity contribution in [1.29, 1.82) is 5.26 Å². The van der Waals surface area contributed by atoms with E-state index in [0.29, 0.717) is 40.6 Å². The van der Waals surface area contributed by atoms with Crippen LogP contribution in [0.15, 0.2) is 18.2 Å². The summed E-state index contributed by atoms with van der Waals surface area (Å²) in [6.07, 6.45) is 0. The molecule has 0 aliphatic rings. The molecule has 1 aromatic heterocycles. The van der Waals surface area contributed by atoms with Gasteiger partial charge in [-0.25, -0.2) is 9.18 Å². The van der Waals surface area contributed by atoms with Gasteiger partial charge in [-0.1, -0.05) is 13.0 Å². The van der Waals surface area contributed by atoms with E-state index >= 15 is 0 Å². The highest BCUT2D eigenvalue weighted by Gasteiger charge is 2.24. The van der Waals surface area contributed by atoms with E-state index in [2.05, 4.69) is 6.07 Å². The van der Waals surface area contributed by atoms with Gasteiger partial charge in [0, 0.05) is 18.7 Å². The summed E-state index contributed by atoms with van der Waals surface area (Å²) in [4.78, 5) is 14.6. The SMILES string of the molecule is CCOC(=O)c1sc(N)c(C#N)c1CN(CC)Cc1ccc(OC)c(F)c1. The lowest BCUT2D eigenvalue weighted by Gasteiger charge is -2.21. The topological polar surface area (TPSA) is 88.6 Å². The number of carbonyl (C=O) groups excluding carboxylic acids is 1. The van der Waals surface area contributed by atoms with E-state index in [1.165, 1.54) is 13.2 Å². The Balaban J connectivity index is 2.29. The summed E-state index contributed by atoms with van der Waals surface area (Å²) in [5.74, 6) is -0.739. The lowest BCUT2D eigenvalue weighted by molar-refractivity contribution is 0.0529. The van der Waals surface area contributed by atoms with Crippen molar-refractivity contribution < 1.29 is 18.7 Å². The number of hydrogen-bond acceptors (Lipinski definition) is 7. The van der Waals surface area contributed by atoms with Gasteiger partial charge in [0.05, 0.1) is 19.3 Å². The third kappa shape index (κ3) is 4.76. The van der Waals surface area contributed by atoms with Crippen molar-refractivity contribution in [3.8, 4) is 11.8 Å². The first-order chi connectivity index (χ1) is 12.9. The van der Waals surface area contributed by atoms with E-state index < -0.39 is 11.8 Å². The zero-order chi connectivity index (χ0) is 20.0. The molecule has 0 aliphatic heterocycles. The lowest BCUT2D eigenvalue weighted by Crippen LogP contribution is -2.24. The Labute approximate surface area is 161 Å². The molecule has 6 nitrogen and oxygen atoms in total. The molecule has 0 spiro atoms. The van der Waals surface area contributed by atoms with Crippen molar-refractivity contribution >= 4 is 22.3 Å². The molecule has 2 aromatic rings. The van der Waals surface area contributed by atoms with Crippen molar-refractivity contribution in [2.24, 2.45) is 0 Å². The number of carbonyl (C=O) groups is 1. The first-order valence-corrected chi connectivity index (χ1v) is 9.29. The van der Waals surface area contributed by atoms with Gasteiger partial charge in [-0.15, -0.1) is 11.3 Å². The second-order valence-electron chi connectivity index (χ2n) is 5.75. The van der Waals surface area contributed by atoms with Crippen LogP contribution in [-0.2, 0) is 17.8 Å². The number of thiophene rings is 1. The van der Waals surface area contributed by atoms with Gasteiger partial charge in [-0.3, -0.25) is 4.90 Å². The molecule has 2 rings (SSSR count). The maximum absolute atomic E-state index is 13.9. The number of rotatable bonds is 8. The van der Waals surface area contributed by atoms with E-state index in [9.17, 15) is 14.4 Å². The van der Waals surface area contributed by atoms with Gasteiger partial charge in [0.25, 0.3) is 0 Å². The molecule has 0 atom stereocenters. The van der Waals surface area contributed by atoms with Crippen molar-refractivity contribution in [2.75, 3.05) is 26.0 Å². The third-order valence-electron chi connectivity index (χ3n) is 4.06. The summed E-state index contributed by atoms with van der Waals surface area (Å²) in [6, 6.07) is 6.85. The number of nitrogens with two attached hydrogens (primary N) is 1. The lowest BCUT2D eigenvalue weighted by atomic mass is 10.1. The number of anilines is 1. The van der Waals surface area contributed by atoms with E-state index in [-0.39, 0.29) is 12.4 Å². The van der Waals surface area contributed by atoms with Gasteiger partial charge in [0.15, 0.2) is 11.6 Å². The van der Waals surface area contributed by atoms with Gasteiger partial charge >= 0.3 is 5.97 Å². The fourth-order valence-corrected chi connectivity index (χ4v) is 3.61. The summed E-state index contributed by atoms with van der Waals surface area (Å²) in [5.41, 5.74) is 7.52. The largest absolute Gasteiger partial charge is 0.494 e. The minimum Gasteiger partial charge on any atom is -0.494 e. The van der Waals surface area contributed by atoms with Gasteiger partial charge in [-0.2, -0.15) is 5.26 Å². The summed E-state index contributed by atoms with van der Waals surface area (Å²) >= 11 is 1.06. The van der Waals surface area contributed by atoms with Crippen LogP contribution in [0.1, 0.15) is 40.2 Å². The molecule has 0 unspecified atom stereocenters. The van der Waals surface area contributed by atoms with Gasteiger partial charge in [-0.05, 0) is 31.2 Å². The van der Waals surface area contributed by atoms with Crippen LogP contribution in [-0.4, -0.2) is 31.1 Å². The number of ether oxygens (including phenoxy) is 2. The molecule has 1 aromatic carbocycles. The second-order valence-corrected chi connectivity index (χ2v) is 6.81. The molecule has 0 saturated heterocycles. The predicted molar refractivity (Wildman–Crippen MR) is 102 cm³/mol. The van der Waals surface area contributed by atoms with Crippen LogP contribution in [0, 0.1) is 17.1 Å². The molecule has 0 amide bonds. The molecule has 0 radical (unpaired) electrons. The molecule has 144 valence electrons. The highest BCUT2D eigenvalue weighted by Crippen LogP contribution is 2.32. The minimum atomic E-state index is -0.489. The number of nitrogen functional groups attached to an aromatic ring is 1. The zero-order valence-corrected chi connectivity index (χ0v) is 16.4. The predicted octanol–water partition coefficient (Wildman–Crippen LogP) is 3.55. The Hall–Kier alpha value is -2.63. The van der Waals surface area contributed by atoms with Crippen molar-refractivity contribution in [2.45, 2.75) is 26.9 Å². The quantitative estimate of drug-likeness (QED) is 0.693. The molecule has 2 N–H and O–H groups in total. The molecule has 0 fully saturated rings. The van der Waals surface area contributed by atoms with E-state index in [0.717, 1.165) is 16.9 Å². The molecular formula is C19H22FN3O3S. The molecule has 8 heteroatoms. The zero-order valence-electron chi connectivity index (χ0n) is 15.5. The van der Waals surface area contributed by atoms with E-state index in [1.807, 2.05) is 11.8 Å². The number of esters is 1. The smallest absolute Gasteiger partial charge is 0.348 e. The maximum Gasteiger partial charge on any atom is 0.348 e. The monoisotopic (exact) mass is 391 g/mol. The highest BCUT2D eigenvalue weighted by molar-refractivity contribution is 7.18. The van der Waals surface area contributed by atoms with E-state index in [1.54, 1.807) is 19.1 Å². The summed E-state index contributed by atoms with van der Waals surface area (Å²) in [6.45, 7) is 5.31. The van der Waals surface area contributed by atoms with Crippen molar-refractivity contribution in [3.05, 3.63) is 45.6 Å². The molecule has 0 aliphatic carbocycles. The molecule has 0 bridgehead atoms. The van der Waals surface area contributed by atoms with Gasteiger partial charge in [0.1, 0.15) is 15.9 Å². The van der Waals surface area contributed by atoms with Gasteiger partial charge in [0.2, 0.25) is 0 Å². The number of halogens is 1. The van der Waals surface area contributed by atoms with Crippen LogP contribution in [0.4, 0.5) is 9.39 Å². The fourth-order valence-electron chi connectivity index (χ4n) is 2.69. The highest BCUT2D eigenvalue weighted by atomic mass is 32.1. The standard InChI is InChI=1S/C19H22FN3O3S/c1-4-23(10-12-6-7-16(25-3)15(20)8-12)11-14-13(9-21)18(22)27-17(14)19(24)26-5-2/h6-8H,4-5,10-11,22H2,1-3H3. The Morgan fingerprint density at radius 2 is 2.11 bits per heavy atom. The number of hydrogen-bond donors (Lipinski definition) is 1.